The number of rotatable bonds is 0. The summed E-state index contributed by atoms with van der Waals surface area (Å²) in [5.41, 5.74) is 0. The smallest absolute Gasteiger partial charge is 0.238 e. The van der Waals surface area contributed by atoms with Gasteiger partial charge in [0.15, 0.2) is 0 Å². The van der Waals surface area contributed by atoms with E-state index in [2.05, 4.69) is 0 Å². The van der Waals surface area contributed by atoms with E-state index in [4.69, 9.17) is 0 Å². The standard InChI is InChI=1S/C4H4INO2.Pt/c5-6-3(7)1-2-4(6)8;/h1-2H2;. The molecule has 1 rings (SSSR count). The summed E-state index contributed by atoms with van der Waals surface area (Å²) in [6, 6.07) is 0. The summed E-state index contributed by atoms with van der Waals surface area (Å²) in [7, 11) is 0. The summed E-state index contributed by atoms with van der Waals surface area (Å²) in [5, 5.41) is 0. The molecule has 0 aliphatic carbocycles. The minimum absolute atomic E-state index is 0. The van der Waals surface area contributed by atoms with Crippen molar-refractivity contribution in [3.8, 4) is 0 Å². The molecule has 54 valence electrons. The number of halogens is 1. The molecule has 1 fully saturated rings. The van der Waals surface area contributed by atoms with E-state index < -0.39 is 0 Å². The first-order valence-electron chi connectivity index (χ1n) is 2.23. The molecule has 1 saturated heterocycles. The van der Waals surface area contributed by atoms with Crippen molar-refractivity contribution in [1.82, 2.24) is 3.11 Å². The summed E-state index contributed by atoms with van der Waals surface area (Å²) in [4.78, 5) is 21.0. The molecule has 1 heterocycles. The van der Waals surface area contributed by atoms with Gasteiger partial charge in [-0.15, -0.1) is 0 Å². The number of imide groups is 1. The molecule has 9 heavy (non-hydrogen) atoms. The molecule has 1 aliphatic rings. The molecular weight excluding hydrogens is 416 g/mol. The molecule has 0 radical (unpaired) electrons. The normalized spacial score (nSPS) is 18.1. The van der Waals surface area contributed by atoms with Crippen LogP contribution in [0.3, 0.4) is 0 Å². The Kier molecular flexibility index (Phi) is 3.89. The Hall–Kier alpha value is 0.558. The van der Waals surface area contributed by atoms with Crippen LogP contribution >= 0.6 is 22.9 Å². The fraction of sp³-hybridized carbons (Fsp3) is 0.500. The number of carbonyl (C=O) groups is 2. The monoisotopic (exact) mass is 420 g/mol. The number of hydrogen-bond acceptors (Lipinski definition) is 2. The van der Waals surface area contributed by atoms with E-state index in [1.807, 2.05) is 0 Å². The molecule has 0 aromatic rings. The van der Waals surface area contributed by atoms with E-state index in [0.29, 0.717) is 12.8 Å². The van der Waals surface area contributed by atoms with Gasteiger partial charge < -0.3 is 0 Å². The van der Waals surface area contributed by atoms with Gasteiger partial charge in [-0.25, -0.2) is 3.11 Å². The maximum Gasteiger partial charge on any atom is 0.238 e. The molecule has 0 unspecified atom stereocenters. The van der Waals surface area contributed by atoms with Gasteiger partial charge in [0, 0.05) is 33.9 Å². The summed E-state index contributed by atoms with van der Waals surface area (Å²) < 4.78 is 1.14. The van der Waals surface area contributed by atoms with Crippen LogP contribution in [0.25, 0.3) is 0 Å². The van der Waals surface area contributed by atoms with E-state index in [1.54, 1.807) is 22.9 Å². The van der Waals surface area contributed by atoms with Crippen LogP contribution in [0, 0.1) is 0 Å². The second kappa shape index (κ2) is 3.66. The molecule has 1 aliphatic heterocycles. The van der Waals surface area contributed by atoms with Crippen molar-refractivity contribution in [1.29, 1.82) is 0 Å². The molecule has 0 spiro atoms. The fourth-order valence-electron chi connectivity index (χ4n) is 0.549. The Labute approximate surface area is 80.9 Å². The summed E-state index contributed by atoms with van der Waals surface area (Å²) in [5.74, 6) is -0.147. The van der Waals surface area contributed by atoms with Crippen molar-refractivity contribution in [3.05, 3.63) is 0 Å². The van der Waals surface area contributed by atoms with Gasteiger partial charge in [-0.1, -0.05) is 0 Å². The Morgan fingerprint density at radius 2 is 1.56 bits per heavy atom. The zero-order valence-electron chi connectivity index (χ0n) is 4.37. The van der Waals surface area contributed by atoms with Crippen LogP contribution in [0.5, 0.6) is 0 Å². The predicted octanol–water partition coefficient (Wildman–Crippen LogP) is 0.483. The van der Waals surface area contributed by atoms with Crippen molar-refractivity contribution in [2.45, 2.75) is 12.8 Å². The van der Waals surface area contributed by atoms with Crippen LogP contribution in [0.4, 0.5) is 0 Å². The largest absolute Gasteiger partial charge is 0.274 e. The van der Waals surface area contributed by atoms with Crippen molar-refractivity contribution < 1.29 is 30.7 Å². The van der Waals surface area contributed by atoms with E-state index >= 15 is 0 Å². The average Bonchev–Trinajstić information content (AvgIpc) is 1.98. The van der Waals surface area contributed by atoms with Crippen LogP contribution in [-0.2, 0) is 30.7 Å². The molecule has 0 bridgehead atoms. The maximum absolute atomic E-state index is 10.5. The Morgan fingerprint density at radius 1 is 1.22 bits per heavy atom. The van der Waals surface area contributed by atoms with Gasteiger partial charge in [0.1, 0.15) is 0 Å². The predicted molar refractivity (Wildman–Crippen MR) is 35.1 cm³/mol. The van der Waals surface area contributed by atoms with Gasteiger partial charge in [-0.2, -0.15) is 0 Å². The average molecular weight is 420 g/mol. The SMILES string of the molecule is O=C1CCC(=O)N1I.[Pt]. The molecule has 0 aromatic carbocycles. The minimum atomic E-state index is -0.0735. The molecule has 0 atom stereocenters. The molecule has 0 saturated carbocycles. The number of hydrogen-bond donors (Lipinski definition) is 0. The van der Waals surface area contributed by atoms with Gasteiger partial charge in [0.05, 0.1) is 22.9 Å². The second-order valence-corrected chi connectivity index (χ2v) is 2.53. The zero-order chi connectivity index (χ0) is 6.15. The summed E-state index contributed by atoms with van der Waals surface area (Å²) >= 11 is 1.72. The molecule has 5 heteroatoms. The topological polar surface area (TPSA) is 37.4 Å². The van der Waals surface area contributed by atoms with E-state index in [-0.39, 0.29) is 32.9 Å². The Balaban J connectivity index is 0.000000640. The summed E-state index contributed by atoms with van der Waals surface area (Å²) in [6.07, 6.45) is 0.781. The molecule has 0 aromatic heterocycles. The minimum Gasteiger partial charge on any atom is -0.274 e. The fourth-order valence-corrected chi connectivity index (χ4v) is 1.03. The molecule has 3 nitrogen and oxygen atoms in total. The molecule has 2 amide bonds. The quantitative estimate of drug-likeness (QED) is 0.325. The first kappa shape index (κ1) is 9.56. The third kappa shape index (κ3) is 2.00. The zero-order valence-corrected chi connectivity index (χ0v) is 8.80. The van der Waals surface area contributed by atoms with Crippen LogP contribution in [0.15, 0.2) is 0 Å². The van der Waals surface area contributed by atoms with Crippen molar-refractivity contribution in [2.24, 2.45) is 0 Å². The van der Waals surface area contributed by atoms with Gasteiger partial charge in [-0.3, -0.25) is 9.59 Å². The van der Waals surface area contributed by atoms with Gasteiger partial charge >= 0.3 is 0 Å². The van der Waals surface area contributed by atoms with Crippen LogP contribution in [0.1, 0.15) is 12.8 Å². The maximum atomic E-state index is 10.5. The van der Waals surface area contributed by atoms with E-state index in [0.717, 1.165) is 3.11 Å². The van der Waals surface area contributed by atoms with E-state index in [9.17, 15) is 9.59 Å². The number of carbonyl (C=O) groups excluding carboxylic acids is 2. The number of amides is 2. The van der Waals surface area contributed by atoms with Gasteiger partial charge in [0.2, 0.25) is 11.8 Å². The van der Waals surface area contributed by atoms with Crippen LogP contribution in [-0.4, -0.2) is 14.9 Å². The van der Waals surface area contributed by atoms with Gasteiger partial charge in [-0.05, 0) is 0 Å². The Bertz CT molecular complexity index is 134. The second-order valence-electron chi connectivity index (χ2n) is 1.57. The van der Waals surface area contributed by atoms with Gasteiger partial charge in [0.25, 0.3) is 0 Å². The van der Waals surface area contributed by atoms with Crippen molar-refractivity contribution in [3.63, 3.8) is 0 Å². The summed E-state index contributed by atoms with van der Waals surface area (Å²) in [6.45, 7) is 0. The van der Waals surface area contributed by atoms with Crippen molar-refractivity contribution in [2.75, 3.05) is 0 Å². The first-order chi connectivity index (χ1) is 3.72. The first-order valence-corrected chi connectivity index (χ1v) is 3.20. The molecular formula is C4H4INO2Pt. The van der Waals surface area contributed by atoms with Crippen LogP contribution in [0.2, 0.25) is 0 Å². The molecule has 0 N–H and O–H groups in total. The Morgan fingerprint density at radius 3 is 1.67 bits per heavy atom. The third-order valence-electron chi connectivity index (χ3n) is 0.991. The van der Waals surface area contributed by atoms with Crippen molar-refractivity contribution >= 4 is 34.7 Å². The van der Waals surface area contributed by atoms with E-state index in [1.165, 1.54) is 0 Å². The third-order valence-corrected chi connectivity index (χ3v) is 2.07. The number of nitrogens with zero attached hydrogens (tertiary/aromatic N) is 1. The van der Waals surface area contributed by atoms with Crippen LogP contribution < -0.4 is 0 Å².